The lowest BCUT2D eigenvalue weighted by atomic mass is 10.2. The zero-order chi connectivity index (χ0) is 19.0. The number of carbonyl (C=O) groups is 2. The summed E-state index contributed by atoms with van der Waals surface area (Å²) in [6.45, 7) is 4.07. The molecule has 0 saturated carbocycles. The van der Waals surface area contributed by atoms with Crippen molar-refractivity contribution in [2.24, 2.45) is 22.4 Å². The fraction of sp³-hybridized carbons (Fsp3) is 0.471. The third kappa shape index (κ3) is 5.36. The van der Waals surface area contributed by atoms with Crippen LogP contribution < -0.4 is 11.5 Å². The van der Waals surface area contributed by atoms with E-state index in [1.165, 1.54) is 7.11 Å². The van der Waals surface area contributed by atoms with Gasteiger partial charge in [-0.2, -0.15) is 0 Å². The molecular formula is C17H24N4O4. The number of terminal acetylenes is 1. The Morgan fingerprint density at radius 3 is 2.64 bits per heavy atom. The molecular weight excluding hydrogens is 324 g/mol. The van der Waals surface area contributed by atoms with Crippen LogP contribution in [-0.4, -0.2) is 42.6 Å². The third-order valence-electron chi connectivity index (χ3n) is 3.56. The summed E-state index contributed by atoms with van der Waals surface area (Å²) in [7, 11) is 1.53. The number of amides is 1. The second-order valence-corrected chi connectivity index (χ2v) is 5.65. The largest absolute Gasteiger partial charge is 0.463 e. The van der Waals surface area contributed by atoms with E-state index < -0.39 is 5.91 Å². The van der Waals surface area contributed by atoms with Gasteiger partial charge in [-0.1, -0.05) is 19.8 Å². The van der Waals surface area contributed by atoms with E-state index in [-0.39, 0.29) is 36.0 Å². The van der Waals surface area contributed by atoms with Gasteiger partial charge in [-0.25, -0.2) is 4.99 Å². The maximum Gasteiger partial charge on any atom is 0.308 e. The fourth-order valence-corrected chi connectivity index (χ4v) is 2.17. The lowest BCUT2D eigenvalue weighted by molar-refractivity contribution is -0.151. The number of methoxy groups -OCH3 is 1. The second kappa shape index (κ2) is 9.49. The molecule has 0 aliphatic carbocycles. The topological polar surface area (TPSA) is 122 Å². The van der Waals surface area contributed by atoms with Crippen molar-refractivity contribution in [2.45, 2.75) is 32.9 Å². The Morgan fingerprint density at radius 1 is 1.48 bits per heavy atom. The average molecular weight is 348 g/mol. The van der Waals surface area contributed by atoms with Gasteiger partial charge in [0.25, 0.3) is 5.91 Å². The van der Waals surface area contributed by atoms with Gasteiger partial charge in [0.05, 0.1) is 29.5 Å². The van der Waals surface area contributed by atoms with Crippen molar-refractivity contribution in [3.05, 3.63) is 17.3 Å². The normalized spacial score (nSPS) is 12.3. The minimum Gasteiger partial charge on any atom is -0.463 e. The summed E-state index contributed by atoms with van der Waals surface area (Å²) in [5.74, 6) is 1.53. The monoisotopic (exact) mass is 348 g/mol. The molecule has 0 saturated heterocycles. The summed E-state index contributed by atoms with van der Waals surface area (Å²) in [5, 5.41) is 0. The van der Waals surface area contributed by atoms with Crippen LogP contribution in [0, 0.1) is 18.3 Å². The van der Waals surface area contributed by atoms with Crippen molar-refractivity contribution in [3.8, 4) is 12.3 Å². The molecule has 1 aromatic heterocycles. The number of aryl methyl sites for hydroxylation is 1. The number of hydrogen-bond donors (Lipinski definition) is 2. The second-order valence-electron chi connectivity index (χ2n) is 5.65. The highest BCUT2D eigenvalue weighted by Gasteiger charge is 2.20. The number of aromatic nitrogens is 1. The molecule has 1 atom stereocenters. The molecule has 8 nitrogen and oxygen atoms in total. The first-order chi connectivity index (χ1) is 11.8. The lowest BCUT2D eigenvalue weighted by Crippen LogP contribution is -2.24. The molecule has 0 bridgehead atoms. The van der Waals surface area contributed by atoms with Crippen LogP contribution in [0.15, 0.2) is 11.2 Å². The molecule has 4 N–H and O–H groups in total. The number of carbonyl (C=O) groups excluding carboxylic acids is 2. The van der Waals surface area contributed by atoms with Crippen molar-refractivity contribution >= 4 is 24.0 Å². The molecule has 0 aliphatic heterocycles. The summed E-state index contributed by atoms with van der Waals surface area (Å²) in [6, 6.07) is 0. The predicted octanol–water partition coefficient (Wildman–Crippen LogP) is 0.791. The highest BCUT2D eigenvalue weighted by atomic mass is 16.6. The molecule has 136 valence electrons. The van der Waals surface area contributed by atoms with E-state index in [1.54, 1.807) is 24.6 Å². The minimum atomic E-state index is -0.679. The molecule has 1 rings (SSSR count). The molecule has 0 aliphatic rings. The Kier molecular flexibility index (Phi) is 7.69. The number of hydrogen-bond acceptors (Lipinski definition) is 5. The summed E-state index contributed by atoms with van der Waals surface area (Å²) >= 11 is 0. The van der Waals surface area contributed by atoms with E-state index in [9.17, 15) is 9.59 Å². The number of ether oxygens (including phenoxy) is 2. The van der Waals surface area contributed by atoms with Crippen molar-refractivity contribution < 1.29 is 19.1 Å². The van der Waals surface area contributed by atoms with E-state index in [1.807, 2.05) is 0 Å². The molecule has 0 radical (unpaired) electrons. The number of aliphatic imine (C=N–C) groups is 1. The minimum absolute atomic E-state index is 0.134. The van der Waals surface area contributed by atoms with Gasteiger partial charge in [-0.05, 0) is 6.42 Å². The SMILES string of the molecule is C#Cc1cn(CCC(COC(=O)C(C)C)OC)c(/N=C\N)c1C(N)=O. The van der Waals surface area contributed by atoms with Gasteiger partial charge < -0.3 is 25.5 Å². The summed E-state index contributed by atoms with van der Waals surface area (Å²) in [4.78, 5) is 27.2. The van der Waals surface area contributed by atoms with E-state index in [0.717, 1.165) is 6.34 Å². The van der Waals surface area contributed by atoms with Crippen LogP contribution in [0.4, 0.5) is 5.82 Å². The molecule has 8 heteroatoms. The predicted molar refractivity (Wildman–Crippen MR) is 94.4 cm³/mol. The Morgan fingerprint density at radius 2 is 2.16 bits per heavy atom. The Bertz CT molecular complexity index is 686. The molecule has 0 fully saturated rings. The van der Waals surface area contributed by atoms with Gasteiger partial charge in [0, 0.05) is 19.9 Å². The average Bonchev–Trinajstić information content (AvgIpc) is 2.92. The molecule has 1 unspecified atom stereocenters. The number of nitrogens with zero attached hydrogens (tertiary/aromatic N) is 2. The number of rotatable bonds is 9. The first-order valence-electron chi connectivity index (χ1n) is 7.78. The highest BCUT2D eigenvalue weighted by molar-refractivity contribution is 6.00. The quantitative estimate of drug-likeness (QED) is 0.296. The van der Waals surface area contributed by atoms with Gasteiger partial charge in [0.1, 0.15) is 12.4 Å². The van der Waals surface area contributed by atoms with Gasteiger partial charge in [-0.15, -0.1) is 6.42 Å². The summed E-state index contributed by atoms with van der Waals surface area (Å²) in [5.41, 5.74) is 11.2. The van der Waals surface area contributed by atoms with Crippen LogP contribution in [0.1, 0.15) is 36.2 Å². The maximum atomic E-state index is 11.6. The molecule has 0 spiro atoms. The molecule has 25 heavy (non-hydrogen) atoms. The highest BCUT2D eigenvalue weighted by Crippen LogP contribution is 2.25. The van der Waals surface area contributed by atoms with E-state index in [4.69, 9.17) is 27.4 Å². The van der Waals surface area contributed by atoms with Crippen LogP contribution in [0.5, 0.6) is 0 Å². The zero-order valence-electron chi connectivity index (χ0n) is 14.7. The first kappa shape index (κ1) is 20.3. The van der Waals surface area contributed by atoms with Gasteiger partial charge >= 0.3 is 5.97 Å². The van der Waals surface area contributed by atoms with E-state index >= 15 is 0 Å². The van der Waals surface area contributed by atoms with Crippen molar-refractivity contribution in [1.82, 2.24) is 4.57 Å². The van der Waals surface area contributed by atoms with Crippen LogP contribution >= 0.6 is 0 Å². The molecule has 1 aromatic rings. The van der Waals surface area contributed by atoms with Gasteiger partial charge in [0.2, 0.25) is 0 Å². The Labute approximate surface area is 147 Å². The third-order valence-corrected chi connectivity index (χ3v) is 3.56. The van der Waals surface area contributed by atoms with Crippen LogP contribution in [0.25, 0.3) is 0 Å². The lowest BCUT2D eigenvalue weighted by Gasteiger charge is -2.17. The van der Waals surface area contributed by atoms with Crippen LogP contribution in [-0.2, 0) is 20.8 Å². The van der Waals surface area contributed by atoms with Gasteiger partial charge in [0.15, 0.2) is 0 Å². The molecule has 1 amide bonds. The molecule has 0 aromatic carbocycles. The van der Waals surface area contributed by atoms with E-state index in [2.05, 4.69) is 10.9 Å². The van der Waals surface area contributed by atoms with Crippen molar-refractivity contribution in [3.63, 3.8) is 0 Å². The van der Waals surface area contributed by atoms with Gasteiger partial charge in [-0.3, -0.25) is 9.59 Å². The molecule has 1 heterocycles. The first-order valence-corrected chi connectivity index (χ1v) is 7.78. The van der Waals surface area contributed by atoms with Crippen molar-refractivity contribution in [1.29, 1.82) is 0 Å². The van der Waals surface area contributed by atoms with E-state index in [0.29, 0.717) is 18.5 Å². The number of esters is 1. The van der Waals surface area contributed by atoms with Crippen molar-refractivity contribution in [2.75, 3.05) is 13.7 Å². The fourth-order valence-electron chi connectivity index (χ4n) is 2.17. The zero-order valence-corrected chi connectivity index (χ0v) is 14.7. The van der Waals surface area contributed by atoms with Crippen LogP contribution in [0.3, 0.4) is 0 Å². The number of nitrogens with two attached hydrogens (primary N) is 2. The Hall–Kier alpha value is -2.79. The number of primary amides is 1. The Balaban J connectivity index is 2.89. The summed E-state index contributed by atoms with van der Waals surface area (Å²) in [6.07, 6.45) is 8.29. The standard InChI is InChI=1S/C17H24N4O4/c1-5-12-8-21(16(20-10-18)14(12)15(19)22)7-6-13(24-4)9-25-17(23)11(2)3/h1,8,10-11,13H,6-7,9H2,2-4H3,(H2,18,20)(H2,19,22). The smallest absolute Gasteiger partial charge is 0.308 e. The summed E-state index contributed by atoms with van der Waals surface area (Å²) < 4.78 is 12.2. The van der Waals surface area contributed by atoms with Crippen LogP contribution in [0.2, 0.25) is 0 Å². The maximum absolute atomic E-state index is 11.6.